The molecular weight excluding hydrogens is 232 g/mol. The van der Waals surface area contributed by atoms with Gasteiger partial charge in [-0.2, -0.15) is 0 Å². The number of carbonyl (C=O) groups is 1. The molecule has 0 spiro atoms. The summed E-state index contributed by atoms with van der Waals surface area (Å²) in [7, 11) is 1.62. The lowest BCUT2D eigenvalue weighted by Crippen LogP contribution is -2.52. The van der Waals surface area contributed by atoms with E-state index in [1.54, 1.807) is 7.11 Å². The Labute approximate surface area is 110 Å². The van der Waals surface area contributed by atoms with Crippen LogP contribution in [0.3, 0.4) is 0 Å². The van der Waals surface area contributed by atoms with Gasteiger partial charge in [0, 0.05) is 25.6 Å². The first-order valence-corrected chi connectivity index (χ1v) is 6.51. The maximum Gasteiger partial charge on any atom is 0.222 e. The molecule has 1 atom stereocenters. The van der Waals surface area contributed by atoms with Crippen molar-refractivity contribution >= 4 is 5.91 Å². The molecule has 18 heavy (non-hydrogen) atoms. The minimum atomic E-state index is -0.322. The fourth-order valence-electron chi connectivity index (χ4n) is 1.89. The van der Waals surface area contributed by atoms with Gasteiger partial charge in [-0.1, -0.05) is 13.8 Å². The molecule has 1 unspecified atom stereocenters. The van der Waals surface area contributed by atoms with Crippen LogP contribution in [-0.4, -0.2) is 44.9 Å². The summed E-state index contributed by atoms with van der Waals surface area (Å²) in [5.41, 5.74) is 5.41. The predicted molar refractivity (Wildman–Crippen MR) is 72.4 cm³/mol. The highest BCUT2D eigenvalue weighted by molar-refractivity contribution is 5.76. The van der Waals surface area contributed by atoms with E-state index in [0.717, 1.165) is 6.42 Å². The molecule has 3 N–H and O–H groups in total. The normalized spacial score (nSPS) is 14.6. The summed E-state index contributed by atoms with van der Waals surface area (Å²) in [5, 5.41) is 2.99. The van der Waals surface area contributed by atoms with Crippen molar-refractivity contribution in [2.45, 2.75) is 39.2 Å². The lowest BCUT2D eigenvalue weighted by Gasteiger charge is -2.31. The molecule has 0 aromatic heterocycles. The Morgan fingerprint density at radius 1 is 1.33 bits per heavy atom. The molecular formula is C13H28N2O3. The molecule has 0 aliphatic carbocycles. The topological polar surface area (TPSA) is 73.6 Å². The van der Waals surface area contributed by atoms with E-state index in [4.69, 9.17) is 15.2 Å². The van der Waals surface area contributed by atoms with Crippen LogP contribution in [0.15, 0.2) is 0 Å². The molecule has 0 aromatic rings. The predicted octanol–water partition coefficient (Wildman–Crippen LogP) is 0.919. The number of rotatable bonds is 10. The Hall–Kier alpha value is -0.650. The number of ether oxygens (including phenoxy) is 2. The van der Waals surface area contributed by atoms with Crippen LogP contribution in [0.2, 0.25) is 0 Å². The zero-order valence-corrected chi connectivity index (χ0v) is 12.1. The van der Waals surface area contributed by atoms with E-state index in [-0.39, 0.29) is 11.4 Å². The third kappa shape index (κ3) is 8.44. The summed E-state index contributed by atoms with van der Waals surface area (Å²) >= 11 is 0. The highest BCUT2D eigenvalue weighted by Gasteiger charge is 2.25. The van der Waals surface area contributed by atoms with Crippen molar-refractivity contribution in [3.63, 3.8) is 0 Å². The summed E-state index contributed by atoms with van der Waals surface area (Å²) in [6.07, 6.45) is 1.23. The number of hydrogen-bond acceptors (Lipinski definition) is 4. The Morgan fingerprint density at radius 3 is 2.50 bits per heavy atom. The van der Waals surface area contributed by atoms with Crippen LogP contribution in [0.1, 0.15) is 33.6 Å². The van der Waals surface area contributed by atoms with Gasteiger partial charge in [0.15, 0.2) is 0 Å². The van der Waals surface area contributed by atoms with Crippen molar-refractivity contribution in [3.8, 4) is 0 Å². The van der Waals surface area contributed by atoms with Crippen LogP contribution in [0.4, 0.5) is 0 Å². The summed E-state index contributed by atoms with van der Waals surface area (Å²) < 4.78 is 10.1. The van der Waals surface area contributed by atoms with Gasteiger partial charge < -0.3 is 20.5 Å². The van der Waals surface area contributed by atoms with Gasteiger partial charge in [0.1, 0.15) is 0 Å². The van der Waals surface area contributed by atoms with E-state index in [0.29, 0.717) is 38.7 Å². The third-order valence-corrected chi connectivity index (χ3v) is 2.66. The summed E-state index contributed by atoms with van der Waals surface area (Å²) in [6, 6.07) is 0. The first kappa shape index (κ1) is 17.4. The minimum Gasteiger partial charge on any atom is -0.382 e. The molecule has 5 nitrogen and oxygen atoms in total. The minimum absolute atomic E-state index is 0.0129. The summed E-state index contributed by atoms with van der Waals surface area (Å²) in [6.45, 7) is 8.15. The largest absolute Gasteiger partial charge is 0.382 e. The van der Waals surface area contributed by atoms with Crippen molar-refractivity contribution in [1.29, 1.82) is 0 Å². The molecule has 0 saturated carbocycles. The highest BCUT2D eigenvalue weighted by atomic mass is 16.5. The fraction of sp³-hybridized carbons (Fsp3) is 0.923. The lowest BCUT2D eigenvalue weighted by atomic mass is 9.90. The summed E-state index contributed by atoms with van der Waals surface area (Å²) in [5.74, 6) is 0.484. The number of methoxy groups -OCH3 is 1. The number of nitrogens with one attached hydrogen (secondary N) is 1. The van der Waals surface area contributed by atoms with Crippen molar-refractivity contribution in [1.82, 2.24) is 5.32 Å². The average Bonchev–Trinajstić information content (AvgIpc) is 2.27. The molecule has 0 bridgehead atoms. The SMILES string of the molecule is COCCOCCC(=O)NC(C)(CN)CC(C)C. The highest BCUT2D eigenvalue weighted by Crippen LogP contribution is 2.15. The molecule has 1 amide bonds. The number of amides is 1. The van der Waals surface area contributed by atoms with Crippen molar-refractivity contribution in [2.24, 2.45) is 11.7 Å². The maximum absolute atomic E-state index is 11.8. The van der Waals surface area contributed by atoms with Crippen molar-refractivity contribution in [2.75, 3.05) is 33.5 Å². The van der Waals surface area contributed by atoms with E-state index >= 15 is 0 Å². The van der Waals surface area contributed by atoms with Crippen LogP contribution >= 0.6 is 0 Å². The average molecular weight is 260 g/mol. The molecule has 108 valence electrons. The fourth-order valence-corrected chi connectivity index (χ4v) is 1.89. The maximum atomic E-state index is 11.8. The van der Waals surface area contributed by atoms with Crippen LogP contribution in [-0.2, 0) is 14.3 Å². The Morgan fingerprint density at radius 2 is 2.00 bits per heavy atom. The van der Waals surface area contributed by atoms with Crippen LogP contribution in [0.5, 0.6) is 0 Å². The number of nitrogens with two attached hydrogens (primary N) is 1. The van der Waals surface area contributed by atoms with Gasteiger partial charge in [-0.25, -0.2) is 0 Å². The van der Waals surface area contributed by atoms with Gasteiger partial charge in [0.2, 0.25) is 5.91 Å². The second-order valence-electron chi connectivity index (χ2n) is 5.27. The van der Waals surface area contributed by atoms with Crippen molar-refractivity contribution in [3.05, 3.63) is 0 Å². The molecule has 0 heterocycles. The number of carbonyl (C=O) groups excluding carboxylic acids is 1. The van der Waals surface area contributed by atoms with Gasteiger partial charge in [0.25, 0.3) is 0 Å². The van der Waals surface area contributed by atoms with Crippen LogP contribution < -0.4 is 11.1 Å². The monoisotopic (exact) mass is 260 g/mol. The Bertz CT molecular complexity index is 234. The first-order chi connectivity index (χ1) is 8.43. The third-order valence-electron chi connectivity index (χ3n) is 2.66. The molecule has 0 fully saturated rings. The van der Waals surface area contributed by atoms with Gasteiger partial charge in [-0.3, -0.25) is 4.79 Å². The quantitative estimate of drug-likeness (QED) is 0.573. The van der Waals surface area contributed by atoms with E-state index in [2.05, 4.69) is 19.2 Å². The van der Waals surface area contributed by atoms with E-state index in [1.165, 1.54) is 0 Å². The zero-order valence-electron chi connectivity index (χ0n) is 12.1. The lowest BCUT2D eigenvalue weighted by molar-refractivity contribution is -0.124. The summed E-state index contributed by atoms with van der Waals surface area (Å²) in [4.78, 5) is 11.8. The van der Waals surface area contributed by atoms with Gasteiger partial charge in [-0.05, 0) is 19.3 Å². The molecule has 0 radical (unpaired) electrons. The molecule has 0 aromatic carbocycles. The first-order valence-electron chi connectivity index (χ1n) is 6.51. The van der Waals surface area contributed by atoms with Gasteiger partial charge in [0.05, 0.1) is 19.8 Å². The Kier molecular flexibility index (Phi) is 8.97. The van der Waals surface area contributed by atoms with Gasteiger partial charge in [-0.15, -0.1) is 0 Å². The standard InChI is InChI=1S/C13H28N2O3/c1-11(2)9-13(3,10-14)15-12(16)5-6-18-8-7-17-4/h11H,5-10,14H2,1-4H3,(H,15,16). The van der Waals surface area contributed by atoms with Crippen LogP contribution in [0, 0.1) is 5.92 Å². The molecule has 0 aliphatic rings. The second kappa shape index (κ2) is 9.30. The van der Waals surface area contributed by atoms with E-state index in [1.807, 2.05) is 6.92 Å². The van der Waals surface area contributed by atoms with Crippen molar-refractivity contribution < 1.29 is 14.3 Å². The smallest absolute Gasteiger partial charge is 0.222 e. The van der Waals surface area contributed by atoms with E-state index in [9.17, 15) is 4.79 Å². The Balaban J connectivity index is 3.89. The molecule has 0 rings (SSSR count). The molecule has 0 aliphatic heterocycles. The number of hydrogen-bond donors (Lipinski definition) is 2. The molecule has 5 heteroatoms. The zero-order chi connectivity index (χ0) is 14.0. The van der Waals surface area contributed by atoms with Gasteiger partial charge >= 0.3 is 0 Å². The second-order valence-corrected chi connectivity index (χ2v) is 5.27. The van der Waals surface area contributed by atoms with Crippen LogP contribution in [0.25, 0.3) is 0 Å². The van der Waals surface area contributed by atoms with E-state index < -0.39 is 0 Å². The molecule has 0 saturated heterocycles.